The molecule has 1 aliphatic heterocycles. The zero-order chi connectivity index (χ0) is 9.26. The Morgan fingerprint density at radius 2 is 2.38 bits per heavy atom. The molecule has 2 heteroatoms. The first-order valence-electron chi connectivity index (χ1n) is 4.46. The van der Waals surface area contributed by atoms with E-state index in [1.54, 1.807) is 0 Å². The lowest BCUT2D eigenvalue weighted by Crippen LogP contribution is -1.90. The second-order valence-corrected chi connectivity index (χ2v) is 3.32. The molecule has 0 radical (unpaired) electrons. The zero-order valence-corrected chi connectivity index (χ0v) is 7.58. The standard InChI is InChI=1S/C11H11NO/c1-8(7-12)9-2-3-11-10(6-9)4-5-13-11/h2-3,6,8H,4-5H2,1H3. The van der Waals surface area contributed by atoms with Gasteiger partial charge in [-0.2, -0.15) is 5.26 Å². The Morgan fingerprint density at radius 3 is 3.15 bits per heavy atom. The number of fused-ring (bicyclic) bond motifs is 1. The van der Waals surface area contributed by atoms with E-state index >= 15 is 0 Å². The highest BCUT2D eigenvalue weighted by Crippen LogP contribution is 2.28. The van der Waals surface area contributed by atoms with E-state index in [2.05, 4.69) is 12.1 Å². The van der Waals surface area contributed by atoms with Crippen molar-refractivity contribution in [2.75, 3.05) is 6.61 Å². The summed E-state index contributed by atoms with van der Waals surface area (Å²) in [5.41, 5.74) is 2.33. The minimum absolute atomic E-state index is 0.0223. The van der Waals surface area contributed by atoms with Crippen LogP contribution in [0, 0.1) is 11.3 Å². The Hall–Kier alpha value is -1.49. The number of nitrogens with zero attached hydrogens (tertiary/aromatic N) is 1. The molecule has 1 aromatic carbocycles. The highest BCUT2D eigenvalue weighted by atomic mass is 16.5. The Kier molecular flexibility index (Phi) is 1.94. The quantitative estimate of drug-likeness (QED) is 0.652. The van der Waals surface area contributed by atoms with Crippen molar-refractivity contribution in [3.63, 3.8) is 0 Å². The van der Waals surface area contributed by atoms with Gasteiger partial charge in [-0.15, -0.1) is 0 Å². The van der Waals surface area contributed by atoms with Gasteiger partial charge in [0.25, 0.3) is 0 Å². The first kappa shape index (κ1) is 8.12. The number of hydrogen-bond acceptors (Lipinski definition) is 2. The highest BCUT2D eigenvalue weighted by Gasteiger charge is 2.13. The molecule has 0 bridgehead atoms. The van der Waals surface area contributed by atoms with Gasteiger partial charge in [-0.05, 0) is 24.1 Å². The Morgan fingerprint density at radius 1 is 1.54 bits per heavy atom. The monoisotopic (exact) mass is 173 g/mol. The molecule has 1 heterocycles. The maximum absolute atomic E-state index is 8.76. The summed E-state index contributed by atoms with van der Waals surface area (Å²) in [7, 11) is 0. The van der Waals surface area contributed by atoms with E-state index in [1.165, 1.54) is 5.56 Å². The van der Waals surface area contributed by atoms with Crippen LogP contribution in [0.25, 0.3) is 0 Å². The molecule has 0 N–H and O–H groups in total. The molecular weight excluding hydrogens is 162 g/mol. The molecule has 66 valence electrons. The average molecular weight is 173 g/mol. The predicted octanol–water partition coefficient (Wildman–Crippen LogP) is 2.25. The van der Waals surface area contributed by atoms with Gasteiger partial charge in [0.05, 0.1) is 18.6 Å². The summed E-state index contributed by atoms with van der Waals surface area (Å²) in [6.45, 7) is 2.69. The molecule has 2 nitrogen and oxygen atoms in total. The summed E-state index contributed by atoms with van der Waals surface area (Å²) in [5.74, 6) is 0.958. The van der Waals surface area contributed by atoms with Gasteiger partial charge >= 0.3 is 0 Å². The second-order valence-electron chi connectivity index (χ2n) is 3.32. The van der Waals surface area contributed by atoms with Crippen LogP contribution in [0.4, 0.5) is 0 Å². The second kappa shape index (κ2) is 3.10. The van der Waals surface area contributed by atoms with Crippen molar-refractivity contribution in [2.24, 2.45) is 0 Å². The van der Waals surface area contributed by atoms with Crippen molar-refractivity contribution in [1.29, 1.82) is 5.26 Å². The van der Waals surface area contributed by atoms with Crippen LogP contribution >= 0.6 is 0 Å². The first-order valence-corrected chi connectivity index (χ1v) is 4.46. The number of ether oxygens (including phenoxy) is 1. The van der Waals surface area contributed by atoms with E-state index in [9.17, 15) is 0 Å². The fraction of sp³-hybridized carbons (Fsp3) is 0.364. The molecule has 0 amide bonds. The topological polar surface area (TPSA) is 33.0 Å². The van der Waals surface area contributed by atoms with Crippen molar-refractivity contribution in [2.45, 2.75) is 19.3 Å². The fourth-order valence-corrected chi connectivity index (χ4v) is 1.55. The van der Waals surface area contributed by atoms with E-state index < -0.39 is 0 Å². The number of rotatable bonds is 1. The Labute approximate surface area is 77.8 Å². The lowest BCUT2D eigenvalue weighted by atomic mass is 9.99. The van der Waals surface area contributed by atoms with Crippen LogP contribution in [0.3, 0.4) is 0 Å². The molecule has 1 aliphatic rings. The van der Waals surface area contributed by atoms with E-state index in [0.717, 1.165) is 24.3 Å². The third-order valence-electron chi connectivity index (χ3n) is 2.41. The number of benzene rings is 1. The summed E-state index contributed by atoms with van der Waals surface area (Å²) in [6.07, 6.45) is 0.974. The molecule has 2 rings (SSSR count). The van der Waals surface area contributed by atoms with Crippen molar-refractivity contribution in [3.8, 4) is 11.8 Å². The van der Waals surface area contributed by atoms with Crippen LogP contribution in [-0.2, 0) is 6.42 Å². The van der Waals surface area contributed by atoms with Gasteiger partial charge in [0.1, 0.15) is 5.75 Å². The number of hydrogen-bond donors (Lipinski definition) is 0. The minimum atomic E-state index is -0.0223. The summed E-state index contributed by atoms with van der Waals surface area (Å²) in [5, 5.41) is 8.76. The zero-order valence-electron chi connectivity index (χ0n) is 7.58. The van der Waals surface area contributed by atoms with E-state index in [-0.39, 0.29) is 5.92 Å². The smallest absolute Gasteiger partial charge is 0.122 e. The average Bonchev–Trinajstić information content (AvgIpc) is 2.63. The van der Waals surface area contributed by atoms with E-state index in [1.807, 2.05) is 19.1 Å². The summed E-state index contributed by atoms with van der Waals surface area (Å²) in [4.78, 5) is 0. The normalized spacial score (nSPS) is 15.7. The highest BCUT2D eigenvalue weighted by molar-refractivity contribution is 5.41. The van der Waals surface area contributed by atoms with Crippen LogP contribution in [0.2, 0.25) is 0 Å². The molecule has 1 aromatic rings. The van der Waals surface area contributed by atoms with E-state index in [4.69, 9.17) is 10.00 Å². The largest absolute Gasteiger partial charge is 0.493 e. The van der Waals surface area contributed by atoms with Gasteiger partial charge in [0.15, 0.2) is 0 Å². The maximum atomic E-state index is 8.76. The molecule has 0 saturated carbocycles. The summed E-state index contributed by atoms with van der Waals surface area (Å²) in [6, 6.07) is 8.25. The van der Waals surface area contributed by atoms with Crippen LogP contribution in [0.5, 0.6) is 5.75 Å². The van der Waals surface area contributed by atoms with Gasteiger partial charge < -0.3 is 4.74 Å². The SMILES string of the molecule is CC(C#N)c1ccc2c(c1)CCO2. The van der Waals surface area contributed by atoms with Crippen LogP contribution in [0.15, 0.2) is 18.2 Å². The number of nitriles is 1. The first-order chi connectivity index (χ1) is 6.31. The van der Waals surface area contributed by atoms with Gasteiger partial charge in [-0.3, -0.25) is 0 Å². The van der Waals surface area contributed by atoms with Crippen molar-refractivity contribution in [1.82, 2.24) is 0 Å². The van der Waals surface area contributed by atoms with Crippen LogP contribution in [0.1, 0.15) is 24.0 Å². The molecule has 13 heavy (non-hydrogen) atoms. The maximum Gasteiger partial charge on any atom is 0.122 e. The van der Waals surface area contributed by atoms with Crippen LogP contribution in [-0.4, -0.2) is 6.61 Å². The van der Waals surface area contributed by atoms with Gasteiger partial charge in [0.2, 0.25) is 0 Å². The lowest BCUT2D eigenvalue weighted by Gasteiger charge is -2.04. The van der Waals surface area contributed by atoms with Gasteiger partial charge in [-0.25, -0.2) is 0 Å². The van der Waals surface area contributed by atoms with Crippen molar-refractivity contribution >= 4 is 0 Å². The molecule has 0 aromatic heterocycles. The van der Waals surface area contributed by atoms with Crippen LogP contribution < -0.4 is 4.74 Å². The third kappa shape index (κ3) is 1.38. The predicted molar refractivity (Wildman–Crippen MR) is 49.7 cm³/mol. The Balaban J connectivity index is 2.37. The van der Waals surface area contributed by atoms with Crippen molar-refractivity contribution in [3.05, 3.63) is 29.3 Å². The lowest BCUT2D eigenvalue weighted by molar-refractivity contribution is 0.357. The van der Waals surface area contributed by atoms with Gasteiger partial charge in [-0.1, -0.05) is 12.1 Å². The summed E-state index contributed by atoms with van der Waals surface area (Å²) < 4.78 is 5.38. The third-order valence-corrected chi connectivity index (χ3v) is 2.41. The fourth-order valence-electron chi connectivity index (χ4n) is 1.55. The minimum Gasteiger partial charge on any atom is -0.493 e. The molecule has 1 atom stereocenters. The summed E-state index contributed by atoms with van der Waals surface area (Å²) >= 11 is 0. The molecule has 1 unspecified atom stereocenters. The van der Waals surface area contributed by atoms with Crippen molar-refractivity contribution < 1.29 is 4.74 Å². The molecule has 0 spiro atoms. The Bertz CT molecular complexity index is 365. The van der Waals surface area contributed by atoms with Gasteiger partial charge in [0, 0.05) is 6.42 Å². The molecule has 0 aliphatic carbocycles. The molecule has 0 saturated heterocycles. The molecular formula is C11H11NO. The van der Waals surface area contributed by atoms with E-state index in [0.29, 0.717) is 0 Å². The molecule has 0 fully saturated rings.